The number of carbonyl (C=O) groups excluding carboxylic acids is 1. The van der Waals surface area contributed by atoms with Gasteiger partial charge in [-0.1, -0.05) is 0 Å². The first-order valence-electron chi connectivity index (χ1n) is 13.8. The van der Waals surface area contributed by atoms with Gasteiger partial charge in [-0.2, -0.15) is 0 Å². The Morgan fingerprint density at radius 2 is 2.33 bits per heavy atom. The van der Waals surface area contributed by atoms with Gasteiger partial charge in [0.1, 0.15) is 5.78 Å². The number of benzene rings is 1. The van der Waals surface area contributed by atoms with Crippen molar-refractivity contribution in [3.8, 4) is 11.5 Å². The van der Waals surface area contributed by atoms with E-state index in [1.165, 1.54) is 19.2 Å². The molecule has 0 aliphatic carbocycles. The monoisotopic (exact) mass is 346 g/mol. The van der Waals surface area contributed by atoms with E-state index in [4.69, 9.17) is 27.3 Å². The van der Waals surface area contributed by atoms with E-state index in [0.29, 0.717) is 12.5 Å². The summed E-state index contributed by atoms with van der Waals surface area (Å²) in [5.41, 5.74) is -3.08. The second-order valence-electron chi connectivity index (χ2n) is 5.81. The first-order chi connectivity index (χ1) is 16.4. The number of piperidine rings is 1. The van der Waals surface area contributed by atoms with Gasteiger partial charge in [-0.05, 0) is 49.8 Å². The van der Waals surface area contributed by atoms with Crippen molar-refractivity contribution in [3.63, 3.8) is 0 Å². The number of carbonyl (C=O) groups is 1. The van der Waals surface area contributed by atoms with E-state index in [0.717, 1.165) is 4.90 Å². The van der Waals surface area contributed by atoms with Crippen LogP contribution in [0.5, 0.6) is 11.5 Å². The Morgan fingerprint density at radius 1 is 1.54 bits per heavy atom. The molecule has 24 heavy (non-hydrogen) atoms. The average molecular weight is 347 g/mol. The van der Waals surface area contributed by atoms with E-state index >= 15 is 0 Å². The van der Waals surface area contributed by atoms with Crippen LogP contribution in [0.2, 0.25) is 0 Å². The van der Waals surface area contributed by atoms with Crippen LogP contribution in [0.3, 0.4) is 0 Å². The Balaban J connectivity index is 2.25. The molecule has 0 saturated carbocycles. The van der Waals surface area contributed by atoms with Gasteiger partial charge < -0.3 is 14.6 Å². The topological polar surface area (TPSA) is 59.0 Å². The lowest BCUT2D eigenvalue weighted by atomic mass is 9.79. The molecule has 5 heteroatoms. The Kier molecular flexibility index (Phi) is 1.95. The number of methoxy groups -OCH3 is 2. The molecule has 0 bridgehead atoms. The molecule has 3 rings (SSSR count). The van der Waals surface area contributed by atoms with Crippen LogP contribution >= 0.6 is 0 Å². The van der Waals surface area contributed by atoms with E-state index in [9.17, 15) is 9.90 Å². The molecule has 2 aliphatic heterocycles. The summed E-state index contributed by atoms with van der Waals surface area (Å²) < 4.78 is 115. The van der Waals surface area contributed by atoms with Crippen molar-refractivity contribution >= 4 is 5.78 Å². The molecular weight excluding hydrogens is 306 g/mol. The maximum atomic E-state index is 13.6. The van der Waals surface area contributed by atoms with Crippen molar-refractivity contribution in [1.82, 2.24) is 4.90 Å². The number of ether oxygens (including phenoxy) is 2. The van der Waals surface area contributed by atoms with Gasteiger partial charge in [-0.25, -0.2) is 0 Å². The maximum Gasteiger partial charge on any atom is 0.161 e. The van der Waals surface area contributed by atoms with Crippen molar-refractivity contribution in [2.75, 3.05) is 27.2 Å². The molecule has 0 radical (unpaired) electrons. The summed E-state index contributed by atoms with van der Waals surface area (Å²) >= 11 is 0. The van der Waals surface area contributed by atoms with Gasteiger partial charge in [0.25, 0.3) is 0 Å². The van der Waals surface area contributed by atoms with Crippen molar-refractivity contribution in [2.24, 2.45) is 5.89 Å². The standard InChI is InChI=1S/C19H27NO4/c1-19(2,22)10-13-11-20-6-5-12-7-17(23-3)18(24-4)8-14(12)15(20)9-16(13)21/h7-8,13,15,22H,5-6,9-11H2,1-4H3/t13-,15-/m0/s1/i1D3,3D3,9D2,10D2,11D2,13D/t13-,15-,19?. The predicted molar refractivity (Wildman–Crippen MR) is 91.6 cm³/mol. The molecule has 0 amide bonds. The molecule has 132 valence electrons. The summed E-state index contributed by atoms with van der Waals surface area (Å²) in [4.78, 5) is 14.3. The third-order valence-corrected chi connectivity index (χ3v) is 3.88. The van der Waals surface area contributed by atoms with Crippen molar-refractivity contribution < 1.29 is 37.2 Å². The number of ketones is 1. The maximum absolute atomic E-state index is 13.6. The van der Waals surface area contributed by atoms with Crippen LogP contribution in [-0.2, 0) is 11.2 Å². The van der Waals surface area contributed by atoms with Gasteiger partial charge >= 0.3 is 0 Å². The molecular formula is C19H27NO4. The second kappa shape index (κ2) is 6.37. The molecule has 0 spiro atoms. The van der Waals surface area contributed by atoms with Crippen molar-refractivity contribution in [3.05, 3.63) is 23.3 Å². The van der Waals surface area contributed by atoms with Gasteiger partial charge in [0, 0.05) is 45.1 Å². The highest BCUT2D eigenvalue weighted by Crippen LogP contribution is 2.42. The number of hydrogen-bond donors (Lipinski definition) is 1. The van der Waals surface area contributed by atoms with E-state index in [1.807, 2.05) is 0 Å². The molecule has 1 unspecified atom stereocenters. The van der Waals surface area contributed by atoms with Gasteiger partial charge in [0.2, 0.25) is 0 Å². The first kappa shape index (κ1) is 7.34. The second-order valence-corrected chi connectivity index (χ2v) is 5.81. The molecule has 1 N–H and O–H groups in total. The van der Waals surface area contributed by atoms with Gasteiger partial charge in [-0.3, -0.25) is 9.69 Å². The molecule has 1 fully saturated rings. The number of rotatable bonds is 4. The zero-order chi connectivity index (χ0) is 28.8. The molecule has 1 saturated heterocycles. The van der Waals surface area contributed by atoms with Gasteiger partial charge in [-0.15, -0.1) is 0 Å². The molecule has 3 atom stereocenters. The third kappa shape index (κ3) is 3.28. The average Bonchev–Trinajstić information content (AvgIpc) is 2.73. The quantitative estimate of drug-likeness (QED) is 0.907. The van der Waals surface area contributed by atoms with Crippen LogP contribution < -0.4 is 9.47 Å². The highest BCUT2D eigenvalue weighted by Gasteiger charge is 2.40. The highest BCUT2D eigenvalue weighted by molar-refractivity contribution is 5.83. The van der Waals surface area contributed by atoms with E-state index < -0.39 is 56.5 Å². The Labute approximate surface area is 161 Å². The lowest BCUT2D eigenvalue weighted by Gasteiger charge is -2.44. The minimum absolute atomic E-state index is 0.0217. The van der Waals surface area contributed by atoms with Crippen LogP contribution in [0.25, 0.3) is 0 Å². The summed E-state index contributed by atoms with van der Waals surface area (Å²) in [6.45, 7) is -6.64. The predicted octanol–water partition coefficient (Wildman–Crippen LogP) is 2.35. The number of Topliss-reactive ketones (excluding diaryl/α,β-unsaturated/α-hetero) is 1. The number of fused-ring (bicyclic) bond motifs is 3. The summed E-state index contributed by atoms with van der Waals surface area (Å²) in [6, 6.07) is 0.745. The molecule has 1 aromatic carbocycles. The van der Waals surface area contributed by atoms with E-state index in [2.05, 4.69) is 0 Å². The van der Waals surface area contributed by atoms with Crippen LogP contribution in [0.15, 0.2) is 12.1 Å². The minimum atomic E-state index is -3.79. The summed E-state index contributed by atoms with van der Waals surface area (Å²) in [6.07, 6.45) is -7.00. The number of nitrogens with zero attached hydrogens (tertiary/aromatic N) is 1. The van der Waals surface area contributed by atoms with Gasteiger partial charge in [0.15, 0.2) is 11.5 Å². The van der Waals surface area contributed by atoms with E-state index in [-0.39, 0.29) is 30.0 Å². The van der Waals surface area contributed by atoms with Crippen LogP contribution in [-0.4, -0.2) is 48.6 Å². The zero-order valence-corrected chi connectivity index (χ0v) is 13.3. The van der Waals surface area contributed by atoms with E-state index in [1.54, 1.807) is 0 Å². The summed E-state index contributed by atoms with van der Waals surface area (Å²) in [5, 5.41) is 10.7. The largest absolute Gasteiger partial charge is 0.493 e. The molecule has 1 aromatic rings. The van der Waals surface area contributed by atoms with Crippen molar-refractivity contribution in [2.45, 2.75) is 44.6 Å². The number of aliphatic hydroxyl groups is 1. The summed E-state index contributed by atoms with van der Waals surface area (Å²) in [5.74, 6) is -5.95. The van der Waals surface area contributed by atoms with Gasteiger partial charge in [0.05, 0.1) is 23.9 Å². The fourth-order valence-corrected chi connectivity index (χ4v) is 2.86. The fourth-order valence-electron chi connectivity index (χ4n) is 2.86. The SMILES string of the molecule is [2H]C([2H])([2H])Oc1cc2c(cc1OC)[C@H]1N(CC2)C([2H])([2H])[C@]([2H])(C([2H])([2H])C(C)(O)C([2H])([2H])[2H])C(=O)C1([2H])[2H]. The highest BCUT2D eigenvalue weighted by atomic mass is 16.5. The minimum Gasteiger partial charge on any atom is -0.493 e. The first-order valence-corrected chi connectivity index (χ1v) is 7.33. The Morgan fingerprint density at radius 3 is 3.04 bits per heavy atom. The smallest absolute Gasteiger partial charge is 0.161 e. The Hall–Kier alpha value is -1.59. The molecule has 0 aromatic heterocycles. The third-order valence-electron chi connectivity index (χ3n) is 3.88. The van der Waals surface area contributed by atoms with Crippen molar-refractivity contribution in [1.29, 1.82) is 0 Å². The van der Waals surface area contributed by atoms with Crippen LogP contribution in [0, 0.1) is 5.89 Å². The summed E-state index contributed by atoms with van der Waals surface area (Å²) in [7, 11) is -1.65. The van der Waals surface area contributed by atoms with Crippen LogP contribution in [0.1, 0.15) is 61.5 Å². The zero-order valence-electron chi connectivity index (χ0n) is 26.3. The normalized spacial score (nSPS) is 43.2. The fraction of sp³-hybridized carbons (Fsp3) is 0.632. The molecule has 2 heterocycles. The Bertz CT molecular complexity index is 1100. The number of hydrogen-bond acceptors (Lipinski definition) is 5. The molecule has 5 nitrogen and oxygen atoms in total. The lowest BCUT2D eigenvalue weighted by molar-refractivity contribution is -0.131. The molecule has 2 aliphatic rings. The lowest BCUT2D eigenvalue weighted by Crippen LogP contribution is -2.47. The van der Waals surface area contributed by atoms with Crippen LogP contribution in [0.4, 0.5) is 0 Å².